The number of hydrogen-bond acceptors (Lipinski definition) is 9. The normalized spacial score (nSPS) is 17.5. The van der Waals surface area contributed by atoms with Crippen molar-refractivity contribution in [2.24, 2.45) is 5.92 Å². The fourth-order valence-electron chi connectivity index (χ4n) is 7.36. The molecule has 53 heavy (non-hydrogen) atoms. The third-order valence-corrected chi connectivity index (χ3v) is 10.2. The van der Waals surface area contributed by atoms with Crippen LogP contribution in [0.15, 0.2) is 55.2 Å². The second kappa shape index (κ2) is 15.4. The number of H-pyrrole nitrogens is 1. The van der Waals surface area contributed by atoms with Crippen LogP contribution in [0.3, 0.4) is 0 Å². The molecule has 1 aromatic carbocycles. The number of ether oxygens (including phenoxy) is 2. The number of carbonyl (C=O) groups excluding carboxylic acids is 2. The predicted molar refractivity (Wildman–Crippen MR) is 201 cm³/mol. The van der Waals surface area contributed by atoms with Gasteiger partial charge in [0.15, 0.2) is 12.1 Å². The van der Waals surface area contributed by atoms with E-state index in [1.165, 1.54) is 0 Å². The summed E-state index contributed by atoms with van der Waals surface area (Å²) in [7, 11) is 0. The fraction of sp³-hybridized carbons (Fsp3) is 0.475. The Morgan fingerprint density at radius 1 is 1.06 bits per heavy atom. The Labute approximate surface area is 309 Å². The first-order valence-electron chi connectivity index (χ1n) is 18.8. The highest BCUT2D eigenvalue weighted by Crippen LogP contribution is 2.37. The molecule has 2 fully saturated rings. The molecule has 6 heterocycles. The average molecular weight is 720 g/mol. The zero-order chi connectivity index (χ0) is 37.1. The minimum absolute atomic E-state index is 0.0689. The van der Waals surface area contributed by atoms with Crippen molar-refractivity contribution in [2.45, 2.75) is 97.4 Å². The molecule has 0 radical (unpaired) electrons. The number of nitrogens with zero attached hydrogens (tertiary/aromatic N) is 7. The summed E-state index contributed by atoms with van der Waals surface area (Å²) in [5.41, 5.74) is 5.28. The van der Waals surface area contributed by atoms with Crippen LogP contribution in [0, 0.1) is 12.8 Å². The van der Waals surface area contributed by atoms with Crippen molar-refractivity contribution in [3.05, 3.63) is 77.9 Å². The van der Waals surface area contributed by atoms with Crippen molar-refractivity contribution in [2.75, 3.05) is 19.7 Å². The Balaban J connectivity index is 1.17. The smallest absolute Gasteiger partial charge is 0.408 e. The summed E-state index contributed by atoms with van der Waals surface area (Å²) in [5, 5.41) is 8.85. The SMILES string of the molecule is CCC(OC(=O)NC(C)(C)C)c1cncc(-c2ccc3c(c2)c(-c2ncc(C(=O)N4CCC(Cc5ncccn5)CC4)[nH]2)nn3C2CCCCO2)c1C. The van der Waals surface area contributed by atoms with Crippen molar-refractivity contribution < 1.29 is 19.1 Å². The molecule has 0 spiro atoms. The Kier molecular flexibility index (Phi) is 10.5. The second-order valence-corrected chi connectivity index (χ2v) is 15.2. The van der Waals surface area contributed by atoms with Crippen LogP contribution in [0.25, 0.3) is 33.5 Å². The highest BCUT2D eigenvalue weighted by molar-refractivity contribution is 5.97. The van der Waals surface area contributed by atoms with Crippen molar-refractivity contribution in [1.82, 2.24) is 44.9 Å². The Hall–Kier alpha value is -5.17. The maximum Gasteiger partial charge on any atom is 0.408 e. The summed E-state index contributed by atoms with van der Waals surface area (Å²) in [6, 6.07) is 8.06. The van der Waals surface area contributed by atoms with E-state index in [9.17, 15) is 9.59 Å². The number of alkyl carbamates (subject to hydrolysis) is 1. The van der Waals surface area contributed by atoms with Crippen molar-refractivity contribution in [1.29, 1.82) is 0 Å². The molecule has 13 nitrogen and oxygen atoms in total. The molecule has 2 N–H and O–H groups in total. The largest absolute Gasteiger partial charge is 0.441 e. The van der Waals surface area contributed by atoms with Crippen LogP contribution in [-0.2, 0) is 15.9 Å². The van der Waals surface area contributed by atoms with Gasteiger partial charge in [0.25, 0.3) is 5.91 Å². The molecule has 0 saturated carbocycles. The molecule has 2 aliphatic heterocycles. The number of carbonyl (C=O) groups is 2. The van der Waals surface area contributed by atoms with Gasteiger partial charge in [-0.05, 0) is 101 Å². The molecular formula is C40H49N9O4. The Bertz CT molecular complexity index is 2060. The number of rotatable bonds is 9. The number of piperidine rings is 1. The molecule has 278 valence electrons. The van der Waals surface area contributed by atoms with Crippen LogP contribution < -0.4 is 5.32 Å². The molecule has 7 rings (SSSR count). The molecule has 2 saturated heterocycles. The van der Waals surface area contributed by atoms with Crippen molar-refractivity contribution >= 4 is 22.9 Å². The first kappa shape index (κ1) is 36.2. The molecule has 0 aliphatic carbocycles. The van der Waals surface area contributed by atoms with Gasteiger partial charge in [-0.2, -0.15) is 5.10 Å². The van der Waals surface area contributed by atoms with Crippen molar-refractivity contribution in [3.8, 4) is 22.6 Å². The lowest BCUT2D eigenvalue weighted by Crippen LogP contribution is -2.41. The van der Waals surface area contributed by atoms with E-state index >= 15 is 0 Å². The van der Waals surface area contributed by atoms with Crippen LogP contribution in [0.1, 0.15) is 106 Å². The number of hydrogen-bond donors (Lipinski definition) is 2. The first-order chi connectivity index (χ1) is 25.6. The van der Waals surface area contributed by atoms with E-state index < -0.39 is 17.7 Å². The maximum absolute atomic E-state index is 13.7. The monoisotopic (exact) mass is 719 g/mol. The average Bonchev–Trinajstić information content (AvgIpc) is 3.80. The summed E-state index contributed by atoms with van der Waals surface area (Å²) >= 11 is 0. The lowest BCUT2D eigenvalue weighted by Gasteiger charge is -2.31. The predicted octanol–water partition coefficient (Wildman–Crippen LogP) is 7.36. The van der Waals surface area contributed by atoms with E-state index in [4.69, 9.17) is 19.6 Å². The Morgan fingerprint density at radius 3 is 2.57 bits per heavy atom. The summed E-state index contributed by atoms with van der Waals surface area (Å²) in [6.45, 7) is 11.8. The molecule has 5 aromatic rings. The topological polar surface area (TPSA) is 153 Å². The molecule has 2 aliphatic rings. The van der Waals surface area contributed by atoms with Crippen molar-refractivity contribution in [3.63, 3.8) is 0 Å². The molecule has 0 bridgehead atoms. The van der Waals surface area contributed by atoms with Gasteiger partial charge >= 0.3 is 6.09 Å². The summed E-state index contributed by atoms with van der Waals surface area (Å²) < 4.78 is 14.0. The number of benzene rings is 1. The number of nitrogens with one attached hydrogen (secondary N) is 2. The standard InChI is InChI=1S/C40H49N9O4/c1-6-33(53-39(51)46-40(3,4)5)30-23-41-22-29(25(30)2)27-11-12-32-28(21-27)36(47-49(32)35-10-7-8-19-52-35)37-44-24-31(45-37)38(50)48-17-13-26(14-18-48)20-34-42-15-9-16-43-34/h9,11-12,15-16,21-24,26,33,35H,6-8,10,13-14,17-20H2,1-5H3,(H,44,45)(H,46,51). The number of imidazole rings is 1. The molecule has 2 atom stereocenters. The number of fused-ring (bicyclic) bond motifs is 1. The quantitative estimate of drug-likeness (QED) is 0.159. The fourth-order valence-corrected chi connectivity index (χ4v) is 7.36. The van der Waals surface area contributed by atoms with Crippen LogP contribution >= 0.6 is 0 Å². The van der Waals surface area contributed by atoms with Crippen LogP contribution in [0.4, 0.5) is 4.79 Å². The maximum atomic E-state index is 13.7. The van der Waals surface area contributed by atoms with E-state index in [2.05, 4.69) is 43.5 Å². The number of pyridine rings is 1. The van der Waals surface area contributed by atoms with E-state index in [-0.39, 0.29) is 12.1 Å². The van der Waals surface area contributed by atoms with Crippen LogP contribution in [0.2, 0.25) is 0 Å². The highest BCUT2D eigenvalue weighted by atomic mass is 16.6. The lowest BCUT2D eigenvalue weighted by atomic mass is 9.93. The molecular weight excluding hydrogens is 670 g/mol. The lowest BCUT2D eigenvalue weighted by molar-refractivity contribution is -0.0365. The summed E-state index contributed by atoms with van der Waals surface area (Å²) in [6.07, 6.45) is 13.8. The minimum Gasteiger partial charge on any atom is -0.441 e. The van der Waals surface area contributed by atoms with Gasteiger partial charge in [0.2, 0.25) is 0 Å². The molecule has 13 heteroatoms. The summed E-state index contributed by atoms with van der Waals surface area (Å²) in [4.78, 5) is 49.7. The van der Waals surface area contributed by atoms with E-state index in [1.807, 2.05) is 56.5 Å². The van der Waals surface area contributed by atoms with E-state index in [1.54, 1.807) is 24.8 Å². The Morgan fingerprint density at radius 2 is 1.85 bits per heavy atom. The van der Waals surface area contributed by atoms with Gasteiger partial charge < -0.3 is 24.7 Å². The van der Waals surface area contributed by atoms with Gasteiger partial charge in [-0.1, -0.05) is 13.0 Å². The summed E-state index contributed by atoms with van der Waals surface area (Å²) in [5.74, 6) is 1.75. The first-order valence-corrected chi connectivity index (χ1v) is 18.8. The highest BCUT2D eigenvalue weighted by Gasteiger charge is 2.28. The number of amides is 2. The van der Waals surface area contributed by atoms with Gasteiger partial charge in [-0.25, -0.2) is 24.4 Å². The number of aromatic amines is 1. The number of likely N-dealkylation sites (tertiary alicyclic amines) is 1. The molecule has 2 amide bonds. The van der Waals surface area contributed by atoms with Gasteiger partial charge in [-0.3, -0.25) is 9.78 Å². The third-order valence-electron chi connectivity index (χ3n) is 10.2. The molecule has 2 unspecified atom stereocenters. The van der Waals surface area contributed by atoms with Crippen LogP contribution in [0.5, 0.6) is 0 Å². The van der Waals surface area contributed by atoms with E-state index in [0.717, 1.165) is 77.5 Å². The van der Waals surface area contributed by atoms with Crippen LogP contribution in [-0.4, -0.2) is 76.8 Å². The van der Waals surface area contributed by atoms with Gasteiger partial charge in [-0.15, -0.1) is 0 Å². The minimum atomic E-state index is -0.462. The third kappa shape index (κ3) is 8.09. The molecule has 4 aromatic heterocycles. The second-order valence-electron chi connectivity index (χ2n) is 15.2. The van der Waals surface area contributed by atoms with Gasteiger partial charge in [0.1, 0.15) is 23.3 Å². The zero-order valence-corrected chi connectivity index (χ0v) is 31.3. The number of aromatic nitrogens is 7. The zero-order valence-electron chi connectivity index (χ0n) is 31.3. The van der Waals surface area contributed by atoms with Gasteiger partial charge in [0.05, 0.1) is 11.7 Å². The van der Waals surface area contributed by atoms with Gasteiger partial charge in [0, 0.05) is 73.0 Å². The van der Waals surface area contributed by atoms with E-state index in [0.29, 0.717) is 49.2 Å².